The van der Waals surface area contributed by atoms with Crippen molar-refractivity contribution in [3.63, 3.8) is 0 Å². The summed E-state index contributed by atoms with van der Waals surface area (Å²) in [5.74, 6) is -5.50. The van der Waals surface area contributed by atoms with Gasteiger partial charge in [0.25, 0.3) is 0 Å². The Morgan fingerprint density at radius 1 is 0.950 bits per heavy atom. The summed E-state index contributed by atoms with van der Waals surface area (Å²) in [6.07, 6.45) is 6.91. The predicted octanol–water partition coefficient (Wildman–Crippen LogP) is 3.12. The second-order valence-electron chi connectivity index (χ2n) is 16.2. The molecule has 0 aromatic rings. The summed E-state index contributed by atoms with van der Waals surface area (Å²) in [5, 5.41) is 22.1. The minimum atomic E-state index is -1.15. The summed E-state index contributed by atoms with van der Waals surface area (Å²) in [4.78, 5) is 102. The molecule has 0 aromatic carbocycles. The van der Waals surface area contributed by atoms with E-state index in [9.17, 15) is 38.7 Å². The van der Waals surface area contributed by atoms with Crippen LogP contribution < -0.4 is 21.3 Å². The van der Waals surface area contributed by atoms with Crippen molar-refractivity contribution in [1.82, 2.24) is 31.1 Å². The number of allylic oxidation sites excluding steroid dienone is 3. The molecule has 1 aliphatic heterocycles. The molecular weight excluding hydrogens is 771 g/mol. The van der Waals surface area contributed by atoms with E-state index in [1.807, 2.05) is 20.8 Å². The fourth-order valence-corrected chi connectivity index (χ4v) is 6.50. The number of aliphatic hydroxyl groups excluding tert-OH is 1. The number of nitrogens with one attached hydrogen (secondary N) is 4. The average Bonchev–Trinajstić information content (AvgIpc) is 3.20. The van der Waals surface area contributed by atoms with Gasteiger partial charge < -0.3 is 40.9 Å². The molecule has 5 N–H and O–H groups in total. The summed E-state index contributed by atoms with van der Waals surface area (Å²) in [6, 6.07) is -5.55. The van der Waals surface area contributed by atoms with Gasteiger partial charge >= 0.3 is 5.97 Å². The molecule has 0 saturated carbocycles. The number of ether oxygens (including phenoxy) is 1. The van der Waals surface area contributed by atoms with E-state index in [2.05, 4.69) is 33.0 Å². The molecule has 0 aromatic heterocycles. The third-order valence-corrected chi connectivity index (χ3v) is 10.9. The highest BCUT2D eigenvalue weighted by Crippen LogP contribution is 2.23. The summed E-state index contributed by atoms with van der Waals surface area (Å²) >= 11 is 0. The number of amides is 6. The summed E-state index contributed by atoms with van der Waals surface area (Å²) in [6.45, 7) is 21.8. The zero-order valence-corrected chi connectivity index (χ0v) is 38.0. The van der Waals surface area contributed by atoms with Crippen molar-refractivity contribution in [2.45, 2.75) is 144 Å². The Morgan fingerprint density at radius 3 is 2.12 bits per heavy atom. The number of likely N-dealkylation sites (N-methyl/N-ethyl adjacent to an activating group) is 2. The number of hydrogen-bond acceptors (Lipinski definition) is 10. The highest BCUT2D eigenvalue weighted by atomic mass is 16.5. The lowest BCUT2D eigenvalue weighted by atomic mass is 9.90. The van der Waals surface area contributed by atoms with Gasteiger partial charge in [-0.25, -0.2) is 4.79 Å². The van der Waals surface area contributed by atoms with Gasteiger partial charge in [-0.1, -0.05) is 59.3 Å². The molecule has 16 heteroatoms. The Hall–Kier alpha value is -5.12. The second kappa shape index (κ2) is 25.5. The molecule has 0 radical (unpaired) electrons. The van der Waals surface area contributed by atoms with Gasteiger partial charge in [-0.3, -0.25) is 33.8 Å². The summed E-state index contributed by atoms with van der Waals surface area (Å²) in [5.41, 5.74) is 1.52. The van der Waals surface area contributed by atoms with E-state index in [4.69, 9.17) is 4.74 Å². The van der Waals surface area contributed by atoms with Crippen LogP contribution in [-0.4, -0.2) is 126 Å². The number of esters is 1. The zero-order chi connectivity index (χ0) is 46.0. The molecule has 0 saturated heterocycles. The molecule has 0 bridgehead atoms. The molecule has 6 amide bonds. The molecule has 60 heavy (non-hydrogen) atoms. The minimum Gasteiger partial charge on any atom is -0.456 e. The van der Waals surface area contributed by atoms with Gasteiger partial charge in [0.2, 0.25) is 35.4 Å². The molecule has 336 valence electrons. The van der Waals surface area contributed by atoms with Crippen LogP contribution in [0.1, 0.15) is 102 Å². The number of carbonyl (C=O) groups is 7. The van der Waals surface area contributed by atoms with E-state index in [0.717, 1.165) is 4.90 Å². The largest absolute Gasteiger partial charge is 0.456 e. The van der Waals surface area contributed by atoms with Crippen molar-refractivity contribution in [3.8, 4) is 0 Å². The van der Waals surface area contributed by atoms with Crippen LogP contribution >= 0.6 is 0 Å². The number of rotatable bonds is 9. The van der Waals surface area contributed by atoms with Gasteiger partial charge in [-0.05, 0) is 90.2 Å². The Labute approximate surface area is 356 Å². The summed E-state index contributed by atoms with van der Waals surface area (Å²) < 4.78 is 5.88. The number of carbonyl (C=O) groups excluding carboxylic acids is 7. The molecule has 0 aliphatic carbocycles. The first kappa shape index (κ1) is 52.9. The molecule has 0 spiro atoms. The molecule has 9 atom stereocenters. The first-order valence-corrected chi connectivity index (χ1v) is 20.7. The van der Waals surface area contributed by atoms with Crippen LogP contribution in [0, 0.1) is 17.8 Å². The first-order chi connectivity index (χ1) is 28.0. The highest BCUT2D eigenvalue weighted by Gasteiger charge is 2.36. The van der Waals surface area contributed by atoms with E-state index >= 15 is 0 Å². The second-order valence-corrected chi connectivity index (χ2v) is 16.2. The SMILES string of the molecule is C=N/C=C\C(=C/C)C[C@@H]1C(=O)N(C)CC(=O)N[C@@H](C(C)CC)C(=O)N[C@H](C)C(=O)O[C@H](/C(C)=C/C)[C@@H](C)[C@@H](O)C/C=C(\C)C(=O)N[C@H](CC(C)C)C(=O)N[C@@H](C)C(=O)N1C. The van der Waals surface area contributed by atoms with Crippen molar-refractivity contribution in [2.24, 2.45) is 22.7 Å². The van der Waals surface area contributed by atoms with E-state index in [0.29, 0.717) is 17.6 Å². The van der Waals surface area contributed by atoms with E-state index < -0.39 is 96.3 Å². The topological polar surface area (TPSA) is 216 Å². The van der Waals surface area contributed by atoms with Crippen molar-refractivity contribution < 1.29 is 43.4 Å². The van der Waals surface area contributed by atoms with Gasteiger partial charge in [0, 0.05) is 38.2 Å². The van der Waals surface area contributed by atoms with Crippen LogP contribution in [0.3, 0.4) is 0 Å². The zero-order valence-electron chi connectivity index (χ0n) is 38.0. The molecule has 1 aliphatic rings. The predicted molar refractivity (Wildman–Crippen MR) is 232 cm³/mol. The van der Waals surface area contributed by atoms with E-state index in [1.54, 1.807) is 59.8 Å². The monoisotopic (exact) mass is 842 g/mol. The lowest BCUT2D eigenvalue weighted by Crippen LogP contribution is -2.58. The van der Waals surface area contributed by atoms with Crippen molar-refractivity contribution >= 4 is 48.1 Å². The van der Waals surface area contributed by atoms with Gasteiger partial charge in [0.15, 0.2) is 0 Å². The quantitative estimate of drug-likeness (QED) is 0.0997. The highest BCUT2D eigenvalue weighted by molar-refractivity contribution is 5.98. The molecule has 1 unspecified atom stereocenters. The standard InChI is InChI=1S/C44H71N7O9/c1-15-26(6)37-41(56)47-31(11)44(59)60-38(27(7)16-2)29(9)35(52)19-18-28(8)39(54)48-33(22-25(4)5)40(55)46-30(10)42(57)51(14)34(23-32(17-3)20-21-45-12)43(58)50(13)24-36(53)49-37/h16-18,20-21,25-26,29-31,33-35,37-38,52H,12,15,19,22-24H2,1-11,13-14H3,(H,46,55)(H,47,56)(H,48,54)(H,49,53)/b21-20-,27-16+,28-18+,32-17+/t26?,29-,30-,31+,33+,34+,35-,37-,38+/m0/s1. The fraction of sp³-hybridized carbons (Fsp3) is 0.636. The maximum Gasteiger partial charge on any atom is 0.328 e. The number of cyclic esters (lactones) is 1. The maximum atomic E-state index is 14.2. The van der Waals surface area contributed by atoms with Crippen LogP contribution in [0.4, 0.5) is 0 Å². The lowest BCUT2D eigenvalue weighted by molar-refractivity contribution is -0.155. The Balaban J connectivity index is 3.82. The fourth-order valence-electron chi connectivity index (χ4n) is 6.50. The van der Waals surface area contributed by atoms with Crippen LogP contribution in [0.2, 0.25) is 0 Å². The maximum absolute atomic E-state index is 14.2. The van der Waals surface area contributed by atoms with Crippen LogP contribution in [0.25, 0.3) is 0 Å². The molecular formula is C44H71N7O9. The van der Waals surface area contributed by atoms with Gasteiger partial charge in [0.05, 0.1) is 12.6 Å². The third kappa shape index (κ3) is 16.1. The molecule has 0 fully saturated rings. The number of nitrogens with zero attached hydrogens (tertiary/aromatic N) is 3. The third-order valence-electron chi connectivity index (χ3n) is 10.9. The van der Waals surface area contributed by atoms with Crippen molar-refractivity contribution in [3.05, 3.63) is 47.2 Å². The summed E-state index contributed by atoms with van der Waals surface area (Å²) in [7, 11) is 2.82. The Bertz CT molecular complexity index is 1670. The van der Waals surface area contributed by atoms with Crippen LogP contribution in [0.15, 0.2) is 52.2 Å². The number of aliphatic imine (C=N–C) groups is 1. The number of aliphatic hydroxyl groups is 1. The van der Waals surface area contributed by atoms with Crippen molar-refractivity contribution in [1.29, 1.82) is 0 Å². The first-order valence-electron chi connectivity index (χ1n) is 20.7. The smallest absolute Gasteiger partial charge is 0.328 e. The average molecular weight is 842 g/mol. The van der Waals surface area contributed by atoms with Crippen LogP contribution in [0.5, 0.6) is 0 Å². The minimum absolute atomic E-state index is 0.0108. The van der Waals surface area contributed by atoms with Crippen LogP contribution in [-0.2, 0) is 38.3 Å². The molecule has 1 rings (SSSR count). The molecule has 1 heterocycles. The number of hydrogen-bond donors (Lipinski definition) is 5. The lowest BCUT2D eigenvalue weighted by Gasteiger charge is -2.33. The van der Waals surface area contributed by atoms with Gasteiger partial charge in [-0.2, -0.15) is 0 Å². The van der Waals surface area contributed by atoms with Gasteiger partial charge in [0.1, 0.15) is 36.3 Å². The van der Waals surface area contributed by atoms with E-state index in [-0.39, 0.29) is 36.7 Å². The Kier molecular flexibility index (Phi) is 22.5. The Morgan fingerprint density at radius 2 is 1.57 bits per heavy atom. The normalized spacial score (nSPS) is 29.0. The molecule has 16 nitrogen and oxygen atoms in total. The van der Waals surface area contributed by atoms with E-state index in [1.165, 1.54) is 45.1 Å². The van der Waals surface area contributed by atoms with Gasteiger partial charge in [-0.15, -0.1) is 0 Å². The van der Waals surface area contributed by atoms with Crippen molar-refractivity contribution in [2.75, 3.05) is 20.6 Å².